The lowest BCUT2D eigenvalue weighted by Gasteiger charge is -2.22. The number of carbonyl (C=O) groups is 2. The van der Waals surface area contributed by atoms with Gasteiger partial charge in [-0.15, -0.1) is 0 Å². The highest BCUT2D eigenvalue weighted by molar-refractivity contribution is 6.02. The van der Waals surface area contributed by atoms with E-state index in [0.29, 0.717) is 31.6 Å². The summed E-state index contributed by atoms with van der Waals surface area (Å²) in [5, 5.41) is 6.35. The molecule has 2 fully saturated rings. The molecular weight excluding hydrogens is 368 g/mol. The minimum absolute atomic E-state index is 0.0275. The number of fused-ring (bicyclic) bond motifs is 1. The SMILES string of the molecule is CN1CC2(CCN(C(=O)c3ccc4c(-c5ccnn5C)cccc4c3)C2)OC1=O. The zero-order valence-corrected chi connectivity index (χ0v) is 16.5. The third kappa shape index (κ3) is 2.85. The summed E-state index contributed by atoms with van der Waals surface area (Å²) in [5.74, 6) is -0.0275. The first kappa shape index (κ1) is 17.7. The van der Waals surface area contributed by atoms with Crippen molar-refractivity contribution in [2.24, 2.45) is 7.05 Å². The molecular formula is C22H22N4O3. The molecule has 1 unspecified atom stereocenters. The lowest BCUT2D eigenvalue weighted by molar-refractivity contribution is 0.0553. The Balaban J connectivity index is 1.44. The molecule has 2 aromatic carbocycles. The predicted molar refractivity (Wildman–Crippen MR) is 109 cm³/mol. The molecule has 0 bridgehead atoms. The van der Waals surface area contributed by atoms with Gasteiger partial charge in [0.25, 0.3) is 5.91 Å². The predicted octanol–water partition coefficient (Wildman–Crippen LogP) is 2.91. The zero-order chi connectivity index (χ0) is 20.2. The van der Waals surface area contributed by atoms with E-state index in [4.69, 9.17) is 4.74 Å². The van der Waals surface area contributed by atoms with Crippen molar-refractivity contribution in [3.63, 3.8) is 0 Å². The third-order valence-electron chi connectivity index (χ3n) is 5.97. The number of likely N-dealkylation sites (N-methyl/N-ethyl adjacent to an activating group) is 1. The number of benzene rings is 2. The van der Waals surface area contributed by atoms with Crippen LogP contribution in [0.5, 0.6) is 0 Å². The Morgan fingerprint density at radius 2 is 2.00 bits per heavy atom. The Bertz CT molecular complexity index is 1140. The number of carbonyl (C=O) groups excluding carboxylic acids is 2. The number of nitrogens with zero attached hydrogens (tertiary/aromatic N) is 4. The Morgan fingerprint density at radius 1 is 1.14 bits per heavy atom. The molecule has 2 saturated heterocycles. The van der Waals surface area contributed by atoms with Gasteiger partial charge in [-0.25, -0.2) is 4.79 Å². The normalized spacial score (nSPS) is 21.4. The quantitative estimate of drug-likeness (QED) is 0.675. The van der Waals surface area contributed by atoms with Crippen LogP contribution in [0.25, 0.3) is 22.0 Å². The number of hydrogen-bond donors (Lipinski definition) is 0. The second-order valence-corrected chi connectivity index (χ2v) is 7.97. The van der Waals surface area contributed by atoms with Crippen LogP contribution in [-0.2, 0) is 11.8 Å². The van der Waals surface area contributed by atoms with Crippen LogP contribution < -0.4 is 0 Å². The van der Waals surface area contributed by atoms with Gasteiger partial charge in [0.05, 0.1) is 18.8 Å². The largest absolute Gasteiger partial charge is 0.439 e. The van der Waals surface area contributed by atoms with Gasteiger partial charge in [0.2, 0.25) is 0 Å². The van der Waals surface area contributed by atoms with Crippen LogP contribution in [0.3, 0.4) is 0 Å². The number of amides is 2. The standard InChI is InChI=1S/C22H22N4O3/c1-24-13-22(29-21(24)28)9-11-26(14-22)20(27)16-6-7-17-15(12-16)4-3-5-18(17)19-8-10-23-25(19)2/h3-8,10,12H,9,11,13-14H2,1-2H3. The third-order valence-corrected chi connectivity index (χ3v) is 5.97. The molecule has 1 aromatic heterocycles. The van der Waals surface area contributed by atoms with Crippen molar-refractivity contribution in [2.45, 2.75) is 12.0 Å². The molecule has 3 heterocycles. The number of aromatic nitrogens is 2. The van der Waals surface area contributed by atoms with E-state index >= 15 is 0 Å². The number of ether oxygens (including phenoxy) is 1. The molecule has 0 saturated carbocycles. The van der Waals surface area contributed by atoms with Crippen molar-refractivity contribution in [3.8, 4) is 11.3 Å². The highest BCUT2D eigenvalue weighted by Crippen LogP contribution is 2.33. The monoisotopic (exact) mass is 390 g/mol. The maximum atomic E-state index is 13.1. The molecule has 2 aliphatic rings. The summed E-state index contributed by atoms with van der Waals surface area (Å²) in [5.41, 5.74) is 2.20. The lowest BCUT2D eigenvalue weighted by Crippen LogP contribution is -2.39. The van der Waals surface area contributed by atoms with Crippen LogP contribution in [0.15, 0.2) is 48.7 Å². The molecule has 0 radical (unpaired) electrons. The average Bonchev–Trinajstić information content (AvgIpc) is 3.40. The Labute approximate surface area is 168 Å². The molecule has 1 spiro atoms. The van der Waals surface area contributed by atoms with Crippen LogP contribution in [0, 0.1) is 0 Å². The van der Waals surface area contributed by atoms with Crippen LogP contribution in [-0.4, -0.2) is 63.9 Å². The highest BCUT2D eigenvalue weighted by atomic mass is 16.6. The summed E-state index contributed by atoms with van der Waals surface area (Å²) < 4.78 is 7.41. The molecule has 2 aliphatic heterocycles. The van der Waals surface area contributed by atoms with Gasteiger partial charge in [-0.05, 0) is 29.0 Å². The molecule has 5 rings (SSSR count). The Hall–Kier alpha value is -3.35. The van der Waals surface area contributed by atoms with Crippen LogP contribution in [0.1, 0.15) is 16.8 Å². The molecule has 0 aliphatic carbocycles. The van der Waals surface area contributed by atoms with E-state index in [1.807, 2.05) is 48.1 Å². The van der Waals surface area contributed by atoms with Gasteiger partial charge in [-0.3, -0.25) is 9.48 Å². The fraction of sp³-hybridized carbons (Fsp3) is 0.318. The van der Waals surface area contributed by atoms with Crippen molar-refractivity contribution in [1.82, 2.24) is 19.6 Å². The van der Waals surface area contributed by atoms with Crippen molar-refractivity contribution in [2.75, 3.05) is 26.7 Å². The topological polar surface area (TPSA) is 67.7 Å². The molecule has 148 valence electrons. The van der Waals surface area contributed by atoms with E-state index in [0.717, 1.165) is 22.0 Å². The Morgan fingerprint density at radius 3 is 2.72 bits per heavy atom. The van der Waals surface area contributed by atoms with Crippen molar-refractivity contribution < 1.29 is 14.3 Å². The van der Waals surface area contributed by atoms with Crippen LogP contribution >= 0.6 is 0 Å². The Kier molecular flexibility index (Phi) is 3.87. The summed E-state index contributed by atoms with van der Waals surface area (Å²) in [4.78, 5) is 28.3. The summed E-state index contributed by atoms with van der Waals surface area (Å²) in [6, 6.07) is 13.9. The smallest absolute Gasteiger partial charge is 0.410 e. The van der Waals surface area contributed by atoms with Crippen molar-refractivity contribution in [1.29, 1.82) is 0 Å². The van der Waals surface area contributed by atoms with Crippen molar-refractivity contribution in [3.05, 3.63) is 54.2 Å². The minimum Gasteiger partial charge on any atom is -0.439 e. The van der Waals surface area contributed by atoms with Gasteiger partial charge in [-0.2, -0.15) is 5.10 Å². The first-order valence-corrected chi connectivity index (χ1v) is 9.70. The van der Waals surface area contributed by atoms with Gasteiger partial charge < -0.3 is 14.5 Å². The van der Waals surface area contributed by atoms with E-state index in [1.54, 1.807) is 23.0 Å². The molecule has 0 N–H and O–H groups in total. The van der Waals surface area contributed by atoms with Gasteiger partial charge in [0, 0.05) is 44.4 Å². The maximum absolute atomic E-state index is 13.1. The van der Waals surface area contributed by atoms with Gasteiger partial charge in [0.1, 0.15) is 0 Å². The van der Waals surface area contributed by atoms with Gasteiger partial charge in [-0.1, -0.05) is 24.3 Å². The minimum atomic E-state index is -0.564. The van der Waals surface area contributed by atoms with E-state index in [9.17, 15) is 9.59 Å². The van der Waals surface area contributed by atoms with Crippen LogP contribution in [0.4, 0.5) is 4.79 Å². The summed E-state index contributed by atoms with van der Waals surface area (Å²) in [6.07, 6.45) is 2.14. The zero-order valence-electron chi connectivity index (χ0n) is 16.5. The summed E-state index contributed by atoms with van der Waals surface area (Å²) >= 11 is 0. The van der Waals surface area contributed by atoms with E-state index in [1.165, 1.54) is 0 Å². The molecule has 1 atom stereocenters. The highest BCUT2D eigenvalue weighted by Gasteiger charge is 2.49. The lowest BCUT2D eigenvalue weighted by atomic mass is 9.99. The number of likely N-dealkylation sites (tertiary alicyclic amines) is 1. The van der Waals surface area contributed by atoms with E-state index < -0.39 is 5.60 Å². The van der Waals surface area contributed by atoms with Gasteiger partial charge >= 0.3 is 6.09 Å². The van der Waals surface area contributed by atoms with Gasteiger partial charge in [0.15, 0.2) is 5.60 Å². The summed E-state index contributed by atoms with van der Waals surface area (Å²) in [6.45, 7) is 1.56. The molecule has 3 aromatic rings. The number of rotatable bonds is 2. The number of hydrogen-bond acceptors (Lipinski definition) is 4. The first-order valence-electron chi connectivity index (χ1n) is 9.70. The molecule has 2 amide bonds. The molecule has 7 nitrogen and oxygen atoms in total. The van der Waals surface area contributed by atoms with Crippen molar-refractivity contribution >= 4 is 22.8 Å². The average molecular weight is 390 g/mol. The molecule has 7 heteroatoms. The maximum Gasteiger partial charge on any atom is 0.410 e. The van der Waals surface area contributed by atoms with E-state index in [2.05, 4.69) is 11.2 Å². The second kappa shape index (κ2) is 6.34. The molecule has 29 heavy (non-hydrogen) atoms. The van der Waals surface area contributed by atoms with Crippen LogP contribution in [0.2, 0.25) is 0 Å². The second-order valence-electron chi connectivity index (χ2n) is 7.97. The first-order chi connectivity index (χ1) is 14.0. The summed E-state index contributed by atoms with van der Waals surface area (Å²) in [7, 11) is 3.65. The number of aryl methyl sites for hydroxylation is 1. The van der Waals surface area contributed by atoms with E-state index in [-0.39, 0.29) is 12.0 Å². The fourth-order valence-corrected chi connectivity index (χ4v) is 4.48. The fourth-order valence-electron chi connectivity index (χ4n) is 4.48.